The van der Waals surface area contributed by atoms with E-state index in [0.717, 1.165) is 0 Å². The zero-order valence-corrected chi connectivity index (χ0v) is 23.4. The van der Waals surface area contributed by atoms with Crippen LogP contribution in [-0.4, -0.2) is 59.8 Å². The maximum Gasteiger partial charge on any atom is 0.279 e. The lowest BCUT2D eigenvalue weighted by Crippen LogP contribution is -2.67. The van der Waals surface area contributed by atoms with E-state index >= 15 is 0 Å². The third-order valence-electron chi connectivity index (χ3n) is 7.38. The van der Waals surface area contributed by atoms with Crippen molar-refractivity contribution in [3.63, 3.8) is 0 Å². The van der Waals surface area contributed by atoms with Crippen molar-refractivity contribution in [1.82, 2.24) is 19.5 Å². The predicted octanol–water partition coefficient (Wildman–Crippen LogP) is 2.24. The molecule has 4 aromatic rings. The van der Waals surface area contributed by atoms with E-state index in [2.05, 4.69) is 84.3 Å². The van der Waals surface area contributed by atoms with Gasteiger partial charge in [0.15, 0.2) is 17.4 Å². The van der Waals surface area contributed by atoms with E-state index in [-0.39, 0.29) is 22.7 Å². The van der Waals surface area contributed by atoms with Crippen molar-refractivity contribution in [2.75, 3.05) is 13.7 Å². The second-order valence-corrected chi connectivity index (χ2v) is 15.1. The molecular formula is C28H35N5O4Si. The summed E-state index contributed by atoms with van der Waals surface area (Å²) in [5, 5.41) is 2.19. The van der Waals surface area contributed by atoms with E-state index in [1.807, 2.05) is 12.1 Å². The molecule has 0 radical (unpaired) electrons. The highest BCUT2D eigenvalue weighted by molar-refractivity contribution is 6.99. The van der Waals surface area contributed by atoms with Crippen LogP contribution in [0.15, 0.2) is 71.8 Å². The lowest BCUT2D eigenvalue weighted by molar-refractivity contribution is -0.0567. The van der Waals surface area contributed by atoms with Crippen LogP contribution in [0.1, 0.15) is 32.8 Å². The highest BCUT2D eigenvalue weighted by Gasteiger charge is 2.52. The normalized spacial score (nSPS) is 22.3. The number of nitrogens with two attached hydrogens (primary N) is 1. The van der Waals surface area contributed by atoms with E-state index in [1.165, 1.54) is 10.4 Å². The number of fused-ring (bicyclic) bond motifs is 1. The monoisotopic (exact) mass is 533 g/mol. The van der Waals surface area contributed by atoms with Crippen LogP contribution in [-0.2, 0) is 13.9 Å². The largest absolute Gasteiger partial charge is 0.405 e. The number of benzene rings is 2. The van der Waals surface area contributed by atoms with Crippen LogP contribution in [0.5, 0.6) is 0 Å². The Bertz CT molecular complexity index is 1410. The molecule has 0 aliphatic carbocycles. The topological polar surface area (TPSA) is 117 Å². The summed E-state index contributed by atoms with van der Waals surface area (Å²) >= 11 is 0. The molecule has 1 saturated heterocycles. The van der Waals surface area contributed by atoms with Gasteiger partial charge in [-0.15, -0.1) is 0 Å². The standard InChI is InChI=1S/C28H35N5O4Si/c1-18-31-25-23(26(34)32-18)30-17-33(25)27-24(35-5)22(29)21(37-27)16-36-38(28(2,3)4,19-12-8-6-9-13-19)20-14-10-7-11-15-20/h6-15,17,21-22,24,27H,16,29H2,1-5H3,(H,31,32,34)/t21-,22+,24?,27-/m1/s1. The number of aromatic amines is 1. The summed E-state index contributed by atoms with van der Waals surface area (Å²) in [6, 6.07) is 20.4. The summed E-state index contributed by atoms with van der Waals surface area (Å²) in [5.41, 5.74) is 7.09. The number of hydrogen-bond donors (Lipinski definition) is 2. The average Bonchev–Trinajstić information content (AvgIpc) is 3.45. The second kappa shape index (κ2) is 10.2. The Labute approximate surface area is 223 Å². The number of methoxy groups -OCH3 is 1. The highest BCUT2D eigenvalue weighted by Crippen LogP contribution is 2.38. The zero-order chi connectivity index (χ0) is 27.1. The Morgan fingerprint density at radius 1 is 1.08 bits per heavy atom. The Balaban J connectivity index is 1.51. The van der Waals surface area contributed by atoms with Crippen LogP contribution < -0.4 is 21.7 Å². The fourth-order valence-electron chi connectivity index (χ4n) is 5.59. The number of nitrogens with zero attached hydrogens (tertiary/aromatic N) is 3. The molecule has 4 atom stereocenters. The Morgan fingerprint density at radius 3 is 2.24 bits per heavy atom. The van der Waals surface area contributed by atoms with E-state index in [4.69, 9.17) is 19.6 Å². The molecule has 10 heteroatoms. The third kappa shape index (κ3) is 4.42. The van der Waals surface area contributed by atoms with Gasteiger partial charge < -0.3 is 24.6 Å². The van der Waals surface area contributed by atoms with E-state index < -0.39 is 32.8 Å². The molecule has 1 unspecified atom stereocenters. The smallest absolute Gasteiger partial charge is 0.279 e. The van der Waals surface area contributed by atoms with Gasteiger partial charge in [-0.1, -0.05) is 81.4 Å². The van der Waals surface area contributed by atoms with E-state index in [0.29, 0.717) is 11.5 Å². The number of hydrogen-bond acceptors (Lipinski definition) is 7. The van der Waals surface area contributed by atoms with Crippen molar-refractivity contribution in [2.45, 2.75) is 57.2 Å². The fourth-order valence-corrected chi connectivity index (χ4v) is 10.2. The molecule has 5 rings (SSSR count). The van der Waals surface area contributed by atoms with E-state index in [1.54, 1.807) is 24.9 Å². The summed E-state index contributed by atoms with van der Waals surface area (Å²) in [5.74, 6) is 0.493. The molecule has 0 bridgehead atoms. The molecule has 1 aliphatic rings. The molecule has 1 aliphatic heterocycles. The molecule has 0 spiro atoms. The van der Waals surface area contributed by atoms with Crippen LogP contribution in [0.2, 0.25) is 5.04 Å². The van der Waals surface area contributed by atoms with Crippen LogP contribution in [0, 0.1) is 6.92 Å². The molecule has 38 heavy (non-hydrogen) atoms. The Kier molecular flexibility index (Phi) is 7.10. The SMILES string of the molecule is COC1[C@@H](N)[C@@H](CO[Si](c2ccccc2)(c2ccccc2)C(C)(C)C)O[C@H]1n1cnc2c(=O)[nH]c(C)nc21. The van der Waals surface area contributed by atoms with Gasteiger partial charge in [0.1, 0.15) is 18.0 Å². The molecule has 1 fully saturated rings. The van der Waals surface area contributed by atoms with Gasteiger partial charge in [-0.2, -0.15) is 0 Å². The van der Waals surface area contributed by atoms with Gasteiger partial charge >= 0.3 is 0 Å². The van der Waals surface area contributed by atoms with Crippen molar-refractivity contribution in [1.29, 1.82) is 0 Å². The maximum atomic E-state index is 12.4. The van der Waals surface area contributed by atoms with Crippen molar-refractivity contribution in [2.24, 2.45) is 5.73 Å². The Morgan fingerprint density at radius 2 is 1.68 bits per heavy atom. The highest BCUT2D eigenvalue weighted by atomic mass is 28.4. The minimum Gasteiger partial charge on any atom is -0.405 e. The lowest BCUT2D eigenvalue weighted by Gasteiger charge is -2.43. The summed E-state index contributed by atoms with van der Waals surface area (Å²) in [7, 11) is -1.17. The molecule has 3 heterocycles. The second-order valence-electron chi connectivity index (χ2n) is 10.8. The summed E-state index contributed by atoms with van der Waals surface area (Å²) < 4.78 is 21.1. The van der Waals surface area contributed by atoms with Crippen molar-refractivity contribution in [3.05, 3.63) is 83.2 Å². The zero-order valence-electron chi connectivity index (χ0n) is 22.4. The first kappa shape index (κ1) is 26.5. The third-order valence-corrected chi connectivity index (χ3v) is 12.4. The number of imidazole rings is 1. The first-order valence-corrected chi connectivity index (χ1v) is 14.7. The molecule has 3 N–H and O–H groups in total. The number of aromatic nitrogens is 4. The molecule has 0 saturated carbocycles. The van der Waals surface area contributed by atoms with Gasteiger partial charge in [0, 0.05) is 7.11 Å². The van der Waals surface area contributed by atoms with E-state index in [9.17, 15) is 4.79 Å². The molecular weight excluding hydrogens is 498 g/mol. The van der Waals surface area contributed by atoms with Crippen LogP contribution in [0.4, 0.5) is 0 Å². The molecule has 0 amide bonds. The maximum absolute atomic E-state index is 12.4. The number of nitrogens with one attached hydrogen (secondary N) is 1. The van der Waals surface area contributed by atoms with Crippen LogP contribution >= 0.6 is 0 Å². The number of aryl methyl sites for hydroxylation is 1. The lowest BCUT2D eigenvalue weighted by atomic mass is 10.1. The van der Waals surface area contributed by atoms with Gasteiger partial charge in [-0.05, 0) is 22.3 Å². The van der Waals surface area contributed by atoms with Gasteiger partial charge in [0.25, 0.3) is 13.9 Å². The van der Waals surface area contributed by atoms with Crippen molar-refractivity contribution < 1.29 is 13.9 Å². The van der Waals surface area contributed by atoms with Crippen molar-refractivity contribution in [3.8, 4) is 0 Å². The fraction of sp³-hybridized carbons (Fsp3) is 0.393. The average molecular weight is 534 g/mol. The first-order chi connectivity index (χ1) is 18.2. The molecule has 9 nitrogen and oxygen atoms in total. The first-order valence-electron chi connectivity index (χ1n) is 12.8. The number of ether oxygens (including phenoxy) is 2. The molecule has 2 aromatic carbocycles. The summed E-state index contributed by atoms with van der Waals surface area (Å²) in [6.45, 7) is 8.72. The quantitative estimate of drug-likeness (QED) is 0.350. The minimum absolute atomic E-state index is 0.179. The summed E-state index contributed by atoms with van der Waals surface area (Å²) in [4.78, 5) is 23.9. The van der Waals surface area contributed by atoms with Crippen molar-refractivity contribution >= 4 is 29.9 Å². The van der Waals surface area contributed by atoms with Crippen LogP contribution in [0.25, 0.3) is 11.2 Å². The van der Waals surface area contributed by atoms with Gasteiger partial charge in [-0.3, -0.25) is 9.36 Å². The van der Waals surface area contributed by atoms with Gasteiger partial charge in [-0.25, -0.2) is 9.97 Å². The Hall–Kier alpha value is -3.15. The number of H-pyrrole nitrogens is 1. The van der Waals surface area contributed by atoms with Gasteiger partial charge in [0.05, 0.1) is 19.0 Å². The van der Waals surface area contributed by atoms with Crippen LogP contribution in [0.3, 0.4) is 0 Å². The molecule has 200 valence electrons. The molecule has 2 aromatic heterocycles. The number of rotatable bonds is 7. The van der Waals surface area contributed by atoms with Gasteiger partial charge in [0.2, 0.25) is 0 Å². The predicted molar refractivity (Wildman–Crippen MR) is 149 cm³/mol. The minimum atomic E-state index is -2.78. The summed E-state index contributed by atoms with van der Waals surface area (Å²) in [6.07, 6.45) is 0.0105.